The molecule has 0 aromatic heterocycles. The highest BCUT2D eigenvalue weighted by Crippen LogP contribution is 2.38. The van der Waals surface area contributed by atoms with Crippen LogP contribution in [0.25, 0.3) is 11.1 Å². The second kappa shape index (κ2) is 11.5. The number of rotatable bonds is 9. The van der Waals surface area contributed by atoms with E-state index in [1.165, 1.54) is 18.2 Å². The molecule has 3 nitrogen and oxygen atoms in total. The Morgan fingerprint density at radius 2 is 1.37 bits per heavy atom. The summed E-state index contributed by atoms with van der Waals surface area (Å²) in [4.78, 5) is 0. The van der Waals surface area contributed by atoms with Crippen molar-refractivity contribution >= 4 is 0 Å². The summed E-state index contributed by atoms with van der Waals surface area (Å²) in [5.41, 5.74) is 1.46. The molecule has 0 heterocycles. The molecule has 1 fully saturated rings. The smallest absolute Gasteiger partial charge is 0.201 e. The molecule has 0 amide bonds. The Kier molecular flexibility index (Phi) is 8.21. The van der Waals surface area contributed by atoms with Crippen LogP contribution in [0.5, 0.6) is 17.2 Å². The van der Waals surface area contributed by atoms with Gasteiger partial charge in [0.25, 0.3) is 0 Å². The molecule has 1 saturated carbocycles. The van der Waals surface area contributed by atoms with Crippen LogP contribution in [0.2, 0.25) is 0 Å². The third-order valence-corrected chi connectivity index (χ3v) is 6.57. The Balaban J connectivity index is 1.34. The van der Waals surface area contributed by atoms with Crippen LogP contribution in [-0.4, -0.2) is 19.8 Å². The lowest BCUT2D eigenvalue weighted by Crippen LogP contribution is -2.20. The maximum atomic E-state index is 14.8. The first kappa shape index (κ1) is 25.0. The number of hydrogen-bond acceptors (Lipinski definition) is 3. The number of benzene rings is 3. The van der Waals surface area contributed by atoms with Gasteiger partial charge in [-0.15, -0.1) is 0 Å². The van der Waals surface area contributed by atoms with E-state index in [1.807, 2.05) is 26.0 Å². The molecule has 0 radical (unpaired) electrons. The average Bonchev–Trinajstić information content (AvgIpc) is 2.87. The van der Waals surface area contributed by atoms with Gasteiger partial charge in [-0.25, -0.2) is 8.78 Å². The molecule has 186 valence electrons. The van der Waals surface area contributed by atoms with Crippen molar-refractivity contribution in [1.29, 1.82) is 0 Å². The van der Waals surface area contributed by atoms with Crippen molar-refractivity contribution in [2.45, 2.75) is 45.4 Å². The van der Waals surface area contributed by atoms with E-state index in [2.05, 4.69) is 0 Å². The minimum atomic E-state index is -0.985. The zero-order valence-corrected chi connectivity index (χ0v) is 20.2. The summed E-state index contributed by atoms with van der Waals surface area (Å²) >= 11 is 0. The van der Waals surface area contributed by atoms with Gasteiger partial charge in [0.1, 0.15) is 17.3 Å². The highest BCUT2D eigenvalue weighted by molar-refractivity contribution is 5.66. The van der Waals surface area contributed by atoms with Gasteiger partial charge in [0, 0.05) is 11.6 Å². The summed E-state index contributed by atoms with van der Waals surface area (Å²) in [6, 6.07) is 15.0. The topological polar surface area (TPSA) is 27.7 Å². The predicted molar refractivity (Wildman–Crippen MR) is 131 cm³/mol. The molecular weight excluding hydrogens is 453 g/mol. The maximum absolute atomic E-state index is 14.8. The molecule has 0 saturated heterocycles. The second-order valence-electron chi connectivity index (χ2n) is 8.84. The van der Waals surface area contributed by atoms with E-state index >= 15 is 0 Å². The van der Waals surface area contributed by atoms with Gasteiger partial charge in [0.05, 0.1) is 19.8 Å². The van der Waals surface area contributed by atoms with Crippen molar-refractivity contribution in [3.8, 4) is 28.4 Å². The average molecular weight is 485 g/mol. The summed E-state index contributed by atoms with van der Waals surface area (Å²) in [7, 11) is 0. The van der Waals surface area contributed by atoms with Crippen LogP contribution in [0.1, 0.15) is 51.0 Å². The molecule has 0 unspecified atom stereocenters. The summed E-state index contributed by atoms with van der Waals surface area (Å²) in [5, 5.41) is 0. The van der Waals surface area contributed by atoms with E-state index in [0.717, 1.165) is 25.7 Å². The fraction of sp³-hybridized carbons (Fsp3) is 0.379. The molecule has 1 aliphatic rings. The van der Waals surface area contributed by atoms with Gasteiger partial charge in [-0.2, -0.15) is 4.39 Å². The summed E-state index contributed by atoms with van der Waals surface area (Å²) in [6.07, 6.45) is 3.33. The Bertz CT molecular complexity index is 1120. The fourth-order valence-corrected chi connectivity index (χ4v) is 4.71. The molecule has 0 N–H and O–H groups in total. The lowest BCUT2D eigenvalue weighted by Gasteiger charge is -2.29. The Morgan fingerprint density at radius 1 is 0.714 bits per heavy atom. The highest BCUT2D eigenvalue weighted by Gasteiger charge is 2.26. The lowest BCUT2D eigenvalue weighted by molar-refractivity contribution is 0.192. The first-order valence-corrected chi connectivity index (χ1v) is 12.3. The maximum Gasteiger partial charge on any atom is 0.201 e. The molecule has 1 aliphatic carbocycles. The van der Waals surface area contributed by atoms with E-state index in [1.54, 1.807) is 24.3 Å². The van der Waals surface area contributed by atoms with Crippen molar-refractivity contribution in [2.24, 2.45) is 5.92 Å². The van der Waals surface area contributed by atoms with Crippen molar-refractivity contribution in [2.75, 3.05) is 19.8 Å². The molecular formula is C29H31F3O3. The van der Waals surface area contributed by atoms with E-state index in [-0.39, 0.29) is 29.0 Å². The summed E-state index contributed by atoms with van der Waals surface area (Å²) in [6.45, 7) is 5.09. The Hall–Kier alpha value is -3.15. The largest absolute Gasteiger partial charge is 0.494 e. The third kappa shape index (κ3) is 5.92. The zero-order valence-electron chi connectivity index (χ0n) is 20.2. The first-order chi connectivity index (χ1) is 17.0. The number of ether oxygens (including phenoxy) is 3. The molecule has 0 atom stereocenters. The van der Waals surface area contributed by atoms with Crippen molar-refractivity contribution < 1.29 is 27.4 Å². The SMILES string of the molecule is CCOc1ccc(-c2ccc(OCC3CCC(c4ccc(OCC)cc4F)CC3)c(F)c2F)cc1. The van der Waals surface area contributed by atoms with Crippen molar-refractivity contribution in [3.05, 3.63) is 77.6 Å². The molecule has 3 aromatic carbocycles. The quantitative estimate of drug-likeness (QED) is 0.309. The molecule has 35 heavy (non-hydrogen) atoms. The van der Waals surface area contributed by atoms with E-state index < -0.39 is 11.6 Å². The van der Waals surface area contributed by atoms with Gasteiger partial charge >= 0.3 is 0 Å². The predicted octanol–water partition coefficient (Wildman–Crippen LogP) is 7.92. The van der Waals surface area contributed by atoms with Gasteiger partial charge < -0.3 is 14.2 Å². The van der Waals surface area contributed by atoms with E-state index in [4.69, 9.17) is 14.2 Å². The number of halogens is 3. The second-order valence-corrected chi connectivity index (χ2v) is 8.84. The van der Waals surface area contributed by atoms with Gasteiger partial charge in [-0.05, 0) is 92.8 Å². The summed E-state index contributed by atoms with van der Waals surface area (Å²) < 4.78 is 60.5. The van der Waals surface area contributed by atoms with Gasteiger partial charge in [-0.3, -0.25) is 0 Å². The molecule has 0 aliphatic heterocycles. The van der Waals surface area contributed by atoms with Gasteiger partial charge in [-0.1, -0.05) is 18.2 Å². The van der Waals surface area contributed by atoms with Crippen molar-refractivity contribution in [1.82, 2.24) is 0 Å². The van der Waals surface area contributed by atoms with E-state index in [9.17, 15) is 13.2 Å². The lowest BCUT2D eigenvalue weighted by atomic mass is 9.79. The van der Waals surface area contributed by atoms with Gasteiger partial charge in [0.2, 0.25) is 5.82 Å². The van der Waals surface area contributed by atoms with Crippen molar-refractivity contribution in [3.63, 3.8) is 0 Å². The molecule has 4 rings (SSSR count). The third-order valence-electron chi connectivity index (χ3n) is 6.57. The van der Waals surface area contributed by atoms with Crippen LogP contribution in [0.4, 0.5) is 13.2 Å². The van der Waals surface area contributed by atoms with Crippen LogP contribution in [-0.2, 0) is 0 Å². The minimum Gasteiger partial charge on any atom is -0.494 e. The highest BCUT2D eigenvalue weighted by atomic mass is 19.2. The van der Waals surface area contributed by atoms with E-state index in [0.29, 0.717) is 42.4 Å². The Morgan fingerprint density at radius 3 is 2.03 bits per heavy atom. The molecule has 3 aromatic rings. The Labute approximate surface area is 204 Å². The monoisotopic (exact) mass is 484 g/mol. The van der Waals surface area contributed by atoms with Crippen LogP contribution < -0.4 is 14.2 Å². The number of hydrogen-bond donors (Lipinski definition) is 0. The minimum absolute atomic E-state index is 0.0862. The normalized spacial score (nSPS) is 17.7. The summed E-state index contributed by atoms with van der Waals surface area (Å²) in [5.74, 6) is -0.661. The van der Waals surface area contributed by atoms with Crippen LogP contribution in [0.15, 0.2) is 54.6 Å². The van der Waals surface area contributed by atoms with Crippen LogP contribution in [0.3, 0.4) is 0 Å². The van der Waals surface area contributed by atoms with Crippen LogP contribution in [0, 0.1) is 23.4 Å². The van der Waals surface area contributed by atoms with Gasteiger partial charge in [0.15, 0.2) is 11.6 Å². The first-order valence-electron chi connectivity index (χ1n) is 12.3. The van der Waals surface area contributed by atoms with Crippen LogP contribution >= 0.6 is 0 Å². The fourth-order valence-electron chi connectivity index (χ4n) is 4.71. The molecule has 0 bridgehead atoms. The molecule has 0 spiro atoms. The standard InChI is InChI=1S/C29H31F3O3/c1-3-33-22-11-9-21(10-12-22)25-15-16-27(29(32)28(25)31)35-18-19-5-7-20(8-6-19)24-14-13-23(34-4-2)17-26(24)30/h9-17,19-20H,3-8,18H2,1-2H3. The molecule has 6 heteroatoms. The zero-order chi connectivity index (χ0) is 24.8.